The number of carbonyl (C=O) groups is 2. The van der Waals surface area contributed by atoms with Crippen LogP contribution in [0.25, 0.3) is 0 Å². The average Bonchev–Trinajstić information content (AvgIpc) is 3.15. The van der Waals surface area contributed by atoms with E-state index in [4.69, 9.17) is 11.5 Å². The van der Waals surface area contributed by atoms with Gasteiger partial charge in [-0.1, -0.05) is 19.3 Å². The molecular weight excluding hydrogens is 284 g/mol. The summed E-state index contributed by atoms with van der Waals surface area (Å²) in [5.41, 5.74) is 10.5. The molecule has 1 heterocycles. The highest BCUT2D eigenvalue weighted by molar-refractivity contribution is 5.91. The van der Waals surface area contributed by atoms with Gasteiger partial charge in [-0.2, -0.15) is 4.80 Å². The number of hydrogen-bond acceptors (Lipinski definition) is 6. The first-order chi connectivity index (χ1) is 10.6. The molecule has 0 radical (unpaired) electrons. The van der Waals surface area contributed by atoms with Crippen molar-refractivity contribution >= 4 is 11.7 Å². The molecule has 4 N–H and O–H groups in total. The second-order valence-corrected chi connectivity index (χ2v) is 6.00. The monoisotopic (exact) mass is 308 g/mol. The maximum absolute atomic E-state index is 12.7. The van der Waals surface area contributed by atoms with E-state index in [1.54, 1.807) is 0 Å². The van der Waals surface area contributed by atoms with Crippen molar-refractivity contribution in [2.75, 3.05) is 6.54 Å². The highest BCUT2D eigenvalue weighted by Crippen LogP contribution is 2.46. The molecule has 1 aromatic heterocycles. The predicted molar refractivity (Wildman–Crippen MR) is 79.3 cm³/mol. The fourth-order valence-corrected chi connectivity index (χ4v) is 3.52. The molecule has 22 heavy (non-hydrogen) atoms. The number of primary amides is 1. The van der Waals surface area contributed by atoms with Crippen LogP contribution in [0.15, 0.2) is 6.33 Å². The van der Waals surface area contributed by atoms with Crippen LogP contribution in [0.5, 0.6) is 0 Å². The second kappa shape index (κ2) is 7.44. The lowest BCUT2D eigenvalue weighted by Crippen LogP contribution is -2.45. The van der Waals surface area contributed by atoms with Gasteiger partial charge in [0, 0.05) is 5.92 Å². The van der Waals surface area contributed by atoms with Gasteiger partial charge >= 0.3 is 0 Å². The summed E-state index contributed by atoms with van der Waals surface area (Å²) in [7, 11) is 0. The summed E-state index contributed by atoms with van der Waals surface area (Å²) in [6.07, 6.45) is 6.81. The van der Waals surface area contributed by atoms with Crippen LogP contribution in [-0.4, -0.2) is 38.4 Å². The SMILES string of the molecule is NCCCC[C@H](C(=O)Cn1ncnn1)C1(C(N)=O)CCCC1. The minimum Gasteiger partial charge on any atom is -0.369 e. The van der Waals surface area contributed by atoms with Crippen LogP contribution in [0.4, 0.5) is 0 Å². The lowest BCUT2D eigenvalue weighted by Gasteiger charge is -2.33. The molecule has 1 aliphatic carbocycles. The Balaban J connectivity index is 2.17. The van der Waals surface area contributed by atoms with Gasteiger partial charge in [-0.25, -0.2) is 0 Å². The second-order valence-electron chi connectivity index (χ2n) is 6.00. The summed E-state index contributed by atoms with van der Waals surface area (Å²) in [6, 6.07) is 0. The Kier molecular flexibility index (Phi) is 5.59. The van der Waals surface area contributed by atoms with Gasteiger partial charge in [0.15, 0.2) is 12.1 Å². The lowest BCUT2D eigenvalue weighted by molar-refractivity contribution is -0.140. The van der Waals surface area contributed by atoms with Crippen molar-refractivity contribution in [1.82, 2.24) is 20.2 Å². The topological polar surface area (TPSA) is 130 Å². The predicted octanol–water partition coefficient (Wildman–Crippen LogP) is 0.0331. The molecule has 1 fully saturated rings. The molecule has 2 rings (SSSR count). The fourth-order valence-electron chi connectivity index (χ4n) is 3.52. The number of rotatable bonds is 9. The van der Waals surface area contributed by atoms with Crippen LogP contribution in [0, 0.1) is 11.3 Å². The van der Waals surface area contributed by atoms with Crippen LogP contribution < -0.4 is 11.5 Å². The number of ketones is 1. The van der Waals surface area contributed by atoms with Crippen molar-refractivity contribution in [3.05, 3.63) is 6.33 Å². The van der Waals surface area contributed by atoms with Crippen molar-refractivity contribution in [3.8, 4) is 0 Å². The molecule has 1 saturated carbocycles. The van der Waals surface area contributed by atoms with E-state index < -0.39 is 5.41 Å². The molecule has 122 valence electrons. The number of nitrogens with zero attached hydrogens (tertiary/aromatic N) is 4. The van der Waals surface area contributed by atoms with Gasteiger partial charge in [-0.05, 0) is 37.4 Å². The zero-order chi connectivity index (χ0) is 16.0. The third-order valence-corrected chi connectivity index (χ3v) is 4.68. The van der Waals surface area contributed by atoms with E-state index in [2.05, 4.69) is 15.4 Å². The van der Waals surface area contributed by atoms with Crippen LogP contribution >= 0.6 is 0 Å². The molecule has 1 aliphatic rings. The quantitative estimate of drug-likeness (QED) is 0.619. The summed E-state index contributed by atoms with van der Waals surface area (Å²) in [5, 5.41) is 11.2. The Morgan fingerprint density at radius 2 is 2.00 bits per heavy atom. The van der Waals surface area contributed by atoms with Gasteiger partial charge in [0.05, 0.1) is 5.41 Å². The van der Waals surface area contributed by atoms with Gasteiger partial charge in [0.2, 0.25) is 5.91 Å². The molecule has 1 aromatic rings. The first-order valence-electron chi connectivity index (χ1n) is 7.83. The van der Waals surface area contributed by atoms with E-state index in [0.29, 0.717) is 25.8 Å². The number of aromatic nitrogens is 4. The molecule has 0 aromatic carbocycles. The molecule has 1 amide bonds. The largest absolute Gasteiger partial charge is 0.369 e. The summed E-state index contributed by atoms with van der Waals surface area (Å²) in [5.74, 6) is -0.789. The van der Waals surface area contributed by atoms with Crippen molar-refractivity contribution in [3.63, 3.8) is 0 Å². The van der Waals surface area contributed by atoms with Gasteiger partial charge in [-0.3, -0.25) is 9.59 Å². The Bertz CT molecular complexity index is 495. The van der Waals surface area contributed by atoms with Crippen molar-refractivity contribution in [2.45, 2.75) is 51.5 Å². The van der Waals surface area contributed by atoms with E-state index in [9.17, 15) is 9.59 Å². The van der Waals surface area contributed by atoms with Crippen LogP contribution in [0.2, 0.25) is 0 Å². The number of nitrogens with two attached hydrogens (primary N) is 2. The number of amides is 1. The first-order valence-corrected chi connectivity index (χ1v) is 7.83. The summed E-state index contributed by atoms with van der Waals surface area (Å²) < 4.78 is 0. The number of hydrogen-bond donors (Lipinski definition) is 2. The van der Waals surface area contributed by atoms with Gasteiger partial charge in [0.1, 0.15) is 6.54 Å². The van der Waals surface area contributed by atoms with Gasteiger partial charge in [0.25, 0.3) is 0 Å². The van der Waals surface area contributed by atoms with E-state index in [-0.39, 0.29) is 24.2 Å². The molecule has 8 heteroatoms. The zero-order valence-electron chi connectivity index (χ0n) is 12.8. The molecular formula is C14H24N6O2. The molecule has 1 atom stereocenters. The normalized spacial score (nSPS) is 18.2. The van der Waals surface area contributed by atoms with Crippen molar-refractivity contribution in [1.29, 1.82) is 0 Å². The number of carbonyl (C=O) groups excluding carboxylic acids is 2. The summed E-state index contributed by atoms with van der Waals surface area (Å²) in [6.45, 7) is 0.609. The highest BCUT2D eigenvalue weighted by Gasteiger charge is 2.48. The minimum absolute atomic E-state index is 0.0301. The molecule has 8 nitrogen and oxygen atoms in total. The van der Waals surface area contributed by atoms with Crippen molar-refractivity contribution in [2.24, 2.45) is 22.8 Å². The van der Waals surface area contributed by atoms with E-state index in [1.807, 2.05) is 0 Å². The Labute approximate surface area is 129 Å². The third kappa shape index (κ3) is 3.49. The molecule has 0 unspecified atom stereocenters. The minimum atomic E-state index is -0.716. The Morgan fingerprint density at radius 1 is 1.27 bits per heavy atom. The average molecular weight is 308 g/mol. The van der Waals surface area contributed by atoms with Gasteiger partial charge < -0.3 is 11.5 Å². The van der Waals surface area contributed by atoms with Crippen LogP contribution in [0.1, 0.15) is 44.9 Å². The van der Waals surface area contributed by atoms with E-state index >= 15 is 0 Å². The summed E-state index contributed by atoms with van der Waals surface area (Å²) in [4.78, 5) is 26.1. The maximum atomic E-state index is 12.7. The third-order valence-electron chi connectivity index (χ3n) is 4.68. The Hall–Kier alpha value is -1.83. The van der Waals surface area contributed by atoms with Gasteiger partial charge in [-0.15, -0.1) is 10.2 Å². The van der Waals surface area contributed by atoms with Crippen LogP contribution in [0.3, 0.4) is 0 Å². The lowest BCUT2D eigenvalue weighted by atomic mass is 9.69. The van der Waals surface area contributed by atoms with E-state index in [1.165, 1.54) is 11.1 Å². The van der Waals surface area contributed by atoms with Crippen LogP contribution in [-0.2, 0) is 16.1 Å². The highest BCUT2D eigenvalue weighted by atomic mass is 16.2. The van der Waals surface area contributed by atoms with E-state index in [0.717, 1.165) is 25.7 Å². The smallest absolute Gasteiger partial charge is 0.224 e. The first kappa shape index (κ1) is 16.5. The summed E-state index contributed by atoms with van der Waals surface area (Å²) >= 11 is 0. The number of unbranched alkanes of at least 4 members (excludes halogenated alkanes) is 1. The zero-order valence-corrected chi connectivity index (χ0v) is 12.8. The Morgan fingerprint density at radius 3 is 2.55 bits per heavy atom. The molecule has 0 aliphatic heterocycles. The molecule has 0 saturated heterocycles. The fraction of sp³-hybridized carbons (Fsp3) is 0.786. The van der Waals surface area contributed by atoms with Crippen molar-refractivity contribution < 1.29 is 9.59 Å². The standard InChI is InChI=1S/C14H24N6O2/c15-8-4-1-5-11(12(21)9-20-18-10-17-19-20)14(13(16)22)6-2-3-7-14/h10-11H,1-9,15H2,(H2,16,22)/t11-/m1/s1. The number of Topliss-reactive ketones (excluding diaryl/α,β-unsaturated/α-hetero) is 1. The molecule has 0 spiro atoms. The molecule has 0 bridgehead atoms. The number of tetrazole rings is 1. The maximum Gasteiger partial charge on any atom is 0.224 e.